The Morgan fingerprint density at radius 2 is 1.25 bits per heavy atom. The molecule has 0 aromatic heterocycles. The molecule has 0 saturated carbocycles. The van der Waals surface area contributed by atoms with Crippen LogP contribution in [0.1, 0.15) is 0 Å². The molecule has 0 spiro atoms. The summed E-state index contributed by atoms with van der Waals surface area (Å²) in [5.41, 5.74) is 0. The van der Waals surface area contributed by atoms with Crippen LogP contribution in [-0.2, 0) is 18.9 Å². The van der Waals surface area contributed by atoms with Crippen molar-refractivity contribution in [1.29, 1.82) is 0 Å². The van der Waals surface area contributed by atoms with E-state index >= 15 is 0 Å². The summed E-state index contributed by atoms with van der Waals surface area (Å²) in [6, 6.07) is 0. The van der Waals surface area contributed by atoms with E-state index in [1.807, 2.05) is 0 Å². The lowest BCUT2D eigenvalue weighted by atomic mass is 9.97. The Balaban J connectivity index is 2.12. The highest BCUT2D eigenvalue weighted by atomic mass is 16.7. The van der Waals surface area contributed by atoms with Gasteiger partial charge in [-0.25, -0.2) is 0 Å². The molecule has 142 valence electrons. The van der Waals surface area contributed by atoms with Gasteiger partial charge in [-0.3, -0.25) is 0 Å². The number of hydrogen-bond acceptors (Lipinski definition) is 11. The fourth-order valence-corrected chi connectivity index (χ4v) is 2.75. The van der Waals surface area contributed by atoms with Crippen LogP contribution in [0.25, 0.3) is 0 Å². The summed E-state index contributed by atoms with van der Waals surface area (Å²) in [4.78, 5) is 0. The Kier molecular flexibility index (Phi) is 6.87. The lowest BCUT2D eigenvalue weighted by Crippen LogP contribution is -2.64. The van der Waals surface area contributed by atoms with Gasteiger partial charge in [-0.05, 0) is 0 Å². The number of ether oxygens (including phenoxy) is 4. The van der Waals surface area contributed by atoms with Gasteiger partial charge >= 0.3 is 0 Å². The Hall–Kier alpha value is -0.440. The molecular weight excluding hydrogens is 332 g/mol. The molecule has 0 bridgehead atoms. The van der Waals surface area contributed by atoms with Crippen LogP contribution in [0.4, 0.5) is 0 Å². The summed E-state index contributed by atoms with van der Waals surface area (Å²) in [6.07, 6.45) is -14.3. The van der Waals surface area contributed by atoms with Crippen molar-refractivity contribution in [2.45, 2.75) is 61.4 Å². The molecule has 2 aliphatic rings. The van der Waals surface area contributed by atoms with E-state index in [9.17, 15) is 30.6 Å². The molecule has 10 atom stereocenters. The number of aliphatic hydroxyl groups excluding tert-OH is 7. The lowest BCUT2D eigenvalue weighted by Gasteiger charge is -2.45. The van der Waals surface area contributed by atoms with Gasteiger partial charge < -0.3 is 54.7 Å². The standard InChI is InChI=1S/C13H24O11/c1-21-12-10(20)8(18)11(5(3-15)23-12)24-13-9(19)7(17)6(16)4(2-14)22-13/h4-20H,2-3H2,1H3/t4?,5?,6?,7?,8?,9?,10?,11-,12+,13?/m0/s1. The number of hydrogen-bond donors (Lipinski definition) is 7. The Labute approximate surface area is 137 Å². The largest absolute Gasteiger partial charge is 0.394 e. The van der Waals surface area contributed by atoms with Crippen LogP contribution >= 0.6 is 0 Å². The number of rotatable bonds is 5. The van der Waals surface area contributed by atoms with Gasteiger partial charge in [0, 0.05) is 7.11 Å². The van der Waals surface area contributed by atoms with E-state index in [0.717, 1.165) is 0 Å². The third kappa shape index (κ3) is 3.71. The zero-order valence-electron chi connectivity index (χ0n) is 13.0. The van der Waals surface area contributed by atoms with Gasteiger partial charge in [0.25, 0.3) is 0 Å². The van der Waals surface area contributed by atoms with Crippen molar-refractivity contribution in [2.75, 3.05) is 20.3 Å². The van der Waals surface area contributed by atoms with Crippen LogP contribution in [0.2, 0.25) is 0 Å². The minimum Gasteiger partial charge on any atom is -0.394 e. The minimum absolute atomic E-state index is 0.592. The topological polar surface area (TPSA) is 179 Å². The summed E-state index contributed by atoms with van der Waals surface area (Å²) >= 11 is 0. The fraction of sp³-hybridized carbons (Fsp3) is 1.00. The monoisotopic (exact) mass is 356 g/mol. The van der Waals surface area contributed by atoms with Crippen molar-refractivity contribution in [3.8, 4) is 0 Å². The number of methoxy groups -OCH3 is 1. The maximum atomic E-state index is 10.2. The molecule has 2 fully saturated rings. The second-order valence-electron chi connectivity index (χ2n) is 5.74. The Morgan fingerprint density at radius 1 is 0.708 bits per heavy atom. The van der Waals surface area contributed by atoms with Gasteiger partial charge in [0.05, 0.1) is 13.2 Å². The molecule has 7 N–H and O–H groups in total. The smallest absolute Gasteiger partial charge is 0.187 e. The van der Waals surface area contributed by atoms with Crippen molar-refractivity contribution in [3.05, 3.63) is 0 Å². The third-order valence-electron chi connectivity index (χ3n) is 4.19. The average Bonchev–Trinajstić information content (AvgIpc) is 2.59. The van der Waals surface area contributed by atoms with Gasteiger partial charge in [-0.2, -0.15) is 0 Å². The van der Waals surface area contributed by atoms with Crippen LogP contribution in [0, 0.1) is 0 Å². The van der Waals surface area contributed by atoms with Gasteiger partial charge in [0.2, 0.25) is 0 Å². The fourth-order valence-electron chi connectivity index (χ4n) is 2.75. The van der Waals surface area contributed by atoms with E-state index in [1.54, 1.807) is 0 Å². The van der Waals surface area contributed by atoms with Crippen LogP contribution in [-0.4, -0.2) is 117 Å². The van der Waals surface area contributed by atoms with Crippen LogP contribution < -0.4 is 0 Å². The highest BCUT2D eigenvalue weighted by Gasteiger charge is 2.50. The molecule has 2 heterocycles. The molecule has 0 aromatic carbocycles. The third-order valence-corrected chi connectivity index (χ3v) is 4.19. The van der Waals surface area contributed by atoms with E-state index in [2.05, 4.69) is 0 Å². The molecule has 2 saturated heterocycles. The van der Waals surface area contributed by atoms with E-state index in [0.29, 0.717) is 0 Å². The van der Waals surface area contributed by atoms with Gasteiger partial charge in [-0.1, -0.05) is 0 Å². The first kappa shape index (κ1) is 19.9. The molecule has 24 heavy (non-hydrogen) atoms. The highest BCUT2D eigenvalue weighted by molar-refractivity contribution is 4.93. The quantitative estimate of drug-likeness (QED) is 0.251. The number of aliphatic hydroxyl groups is 7. The highest BCUT2D eigenvalue weighted by Crippen LogP contribution is 2.29. The summed E-state index contributed by atoms with van der Waals surface area (Å²) in [5, 5.41) is 68.0. The zero-order valence-corrected chi connectivity index (χ0v) is 13.0. The zero-order chi connectivity index (χ0) is 18.0. The lowest BCUT2D eigenvalue weighted by molar-refractivity contribution is -0.357. The first-order valence-electron chi connectivity index (χ1n) is 7.46. The van der Waals surface area contributed by atoms with Gasteiger partial charge in [0.15, 0.2) is 12.6 Å². The maximum Gasteiger partial charge on any atom is 0.187 e. The van der Waals surface area contributed by atoms with Crippen LogP contribution in [0.5, 0.6) is 0 Å². The Morgan fingerprint density at radius 3 is 1.79 bits per heavy atom. The van der Waals surface area contributed by atoms with E-state index in [1.165, 1.54) is 7.11 Å². The van der Waals surface area contributed by atoms with Crippen LogP contribution in [0.3, 0.4) is 0 Å². The first-order chi connectivity index (χ1) is 11.3. The normalized spacial score (nSPS) is 50.0. The molecule has 2 aliphatic heterocycles. The van der Waals surface area contributed by atoms with Gasteiger partial charge in [-0.15, -0.1) is 0 Å². The van der Waals surface area contributed by atoms with E-state index < -0.39 is 74.6 Å². The second-order valence-corrected chi connectivity index (χ2v) is 5.74. The van der Waals surface area contributed by atoms with Crippen molar-refractivity contribution in [3.63, 3.8) is 0 Å². The molecule has 2 rings (SSSR count). The molecule has 0 radical (unpaired) electrons. The van der Waals surface area contributed by atoms with Gasteiger partial charge in [0.1, 0.15) is 48.8 Å². The van der Waals surface area contributed by atoms with E-state index in [-0.39, 0.29) is 0 Å². The van der Waals surface area contributed by atoms with Crippen molar-refractivity contribution < 1.29 is 54.7 Å². The van der Waals surface area contributed by atoms with Crippen molar-refractivity contribution in [2.24, 2.45) is 0 Å². The molecule has 0 amide bonds. The predicted molar refractivity (Wildman–Crippen MR) is 73.4 cm³/mol. The molecule has 11 nitrogen and oxygen atoms in total. The van der Waals surface area contributed by atoms with Crippen molar-refractivity contribution in [1.82, 2.24) is 0 Å². The summed E-state index contributed by atoms with van der Waals surface area (Å²) in [7, 11) is 1.24. The second kappa shape index (κ2) is 8.29. The van der Waals surface area contributed by atoms with Crippen LogP contribution in [0.15, 0.2) is 0 Å². The molecule has 0 aliphatic carbocycles. The SMILES string of the molecule is CO[C@@H]1OC(CO)[C@H](OC2OC(CO)C(O)C(O)C2O)C(O)C1O. The van der Waals surface area contributed by atoms with Crippen molar-refractivity contribution >= 4 is 0 Å². The summed E-state index contributed by atoms with van der Waals surface area (Å²) < 4.78 is 20.6. The molecular formula is C13H24O11. The average molecular weight is 356 g/mol. The minimum atomic E-state index is -1.69. The molecule has 11 heteroatoms. The maximum absolute atomic E-state index is 10.2. The summed E-state index contributed by atoms with van der Waals surface area (Å²) in [6.45, 7) is -1.24. The molecule has 8 unspecified atom stereocenters. The Bertz CT molecular complexity index is 392. The van der Waals surface area contributed by atoms with E-state index in [4.69, 9.17) is 24.1 Å². The molecule has 0 aromatic rings. The summed E-state index contributed by atoms with van der Waals surface area (Å²) in [5.74, 6) is 0. The first-order valence-corrected chi connectivity index (χ1v) is 7.46. The predicted octanol–water partition coefficient (Wildman–Crippen LogP) is -4.74.